The number of hydrogen-bond acceptors (Lipinski definition) is 3. The van der Waals surface area contributed by atoms with Gasteiger partial charge in [0.05, 0.1) is 0 Å². The molecule has 0 bridgehead atoms. The average molecular weight is 186 g/mol. The lowest BCUT2D eigenvalue weighted by atomic mass is 10.1. The summed E-state index contributed by atoms with van der Waals surface area (Å²) in [4.78, 5) is 12.9. The number of aliphatic hydroxyl groups excluding tert-OH is 1. The van der Waals surface area contributed by atoms with Crippen molar-refractivity contribution in [3.05, 3.63) is 0 Å². The number of aliphatic hydroxyl groups is 1. The van der Waals surface area contributed by atoms with Gasteiger partial charge in [0.15, 0.2) is 0 Å². The molecule has 1 heterocycles. The molecule has 76 valence electrons. The van der Waals surface area contributed by atoms with Crippen LogP contribution < -0.4 is 5.32 Å². The first-order chi connectivity index (χ1) is 6.24. The maximum Gasteiger partial charge on any atom is 0.219 e. The monoisotopic (exact) mass is 186 g/mol. The largest absolute Gasteiger partial charge is 0.396 e. The predicted molar refractivity (Wildman–Crippen MR) is 50.4 cm³/mol. The van der Waals surface area contributed by atoms with Crippen molar-refractivity contribution in [3.63, 3.8) is 0 Å². The number of rotatable bonds is 3. The molecule has 0 saturated carbocycles. The lowest BCUT2D eigenvalue weighted by Crippen LogP contribution is -2.52. The van der Waals surface area contributed by atoms with Crippen LogP contribution in [0.2, 0.25) is 0 Å². The van der Waals surface area contributed by atoms with Gasteiger partial charge < -0.3 is 15.3 Å². The molecule has 0 aromatic rings. The number of piperazine rings is 1. The quantitative estimate of drug-likeness (QED) is 0.629. The number of nitrogens with zero attached hydrogens (tertiary/aromatic N) is 1. The fourth-order valence-corrected chi connectivity index (χ4v) is 1.64. The van der Waals surface area contributed by atoms with Gasteiger partial charge in [0, 0.05) is 39.2 Å². The number of amides is 1. The standard InChI is InChI=1S/C9H18N2O2/c1-8(13)11-5-4-10-9(7-11)3-2-6-12/h9-10,12H,2-7H2,1H3. The second-order valence-electron chi connectivity index (χ2n) is 3.48. The van der Waals surface area contributed by atoms with Gasteiger partial charge in [-0.2, -0.15) is 0 Å². The Hall–Kier alpha value is -0.610. The van der Waals surface area contributed by atoms with E-state index in [4.69, 9.17) is 5.11 Å². The third kappa shape index (κ3) is 3.32. The second kappa shape index (κ2) is 5.19. The summed E-state index contributed by atoms with van der Waals surface area (Å²) in [7, 11) is 0. The zero-order chi connectivity index (χ0) is 9.68. The minimum absolute atomic E-state index is 0.149. The topological polar surface area (TPSA) is 52.6 Å². The molecule has 1 saturated heterocycles. The van der Waals surface area contributed by atoms with E-state index >= 15 is 0 Å². The molecular formula is C9H18N2O2. The first-order valence-corrected chi connectivity index (χ1v) is 4.84. The molecule has 2 N–H and O–H groups in total. The van der Waals surface area contributed by atoms with Crippen LogP contribution in [0.15, 0.2) is 0 Å². The second-order valence-corrected chi connectivity index (χ2v) is 3.48. The van der Waals surface area contributed by atoms with Crippen molar-refractivity contribution >= 4 is 5.91 Å². The fraction of sp³-hybridized carbons (Fsp3) is 0.889. The molecule has 4 heteroatoms. The summed E-state index contributed by atoms with van der Waals surface area (Å²) in [6, 6.07) is 0.366. The maximum atomic E-state index is 11.1. The Morgan fingerprint density at radius 3 is 3.08 bits per heavy atom. The summed E-state index contributed by atoms with van der Waals surface area (Å²) in [5.41, 5.74) is 0. The molecule has 1 fully saturated rings. The molecule has 1 aliphatic rings. The van der Waals surface area contributed by atoms with E-state index in [1.807, 2.05) is 4.90 Å². The molecule has 1 amide bonds. The van der Waals surface area contributed by atoms with Gasteiger partial charge in [-0.3, -0.25) is 4.79 Å². The normalized spacial score (nSPS) is 23.2. The molecule has 1 rings (SSSR count). The van der Waals surface area contributed by atoms with Crippen LogP contribution in [-0.4, -0.2) is 48.2 Å². The van der Waals surface area contributed by atoms with E-state index in [2.05, 4.69) is 5.32 Å². The van der Waals surface area contributed by atoms with Gasteiger partial charge in [-0.15, -0.1) is 0 Å². The Morgan fingerprint density at radius 1 is 1.69 bits per heavy atom. The first-order valence-electron chi connectivity index (χ1n) is 4.84. The van der Waals surface area contributed by atoms with Gasteiger partial charge in [-0.25, -0.2) is 0 Å². The van der Waals surface area contributed by atoms with E-state index < -0.39 is 0 Å². The zero-order valence-electron chi connectivity index (χ0n) is 8.12. The molecule has 4 nitrogen and oxygen atoms in total. The van der Waals surface area contributed by atoms with Crippen molar-refractivity contribution in [2.24, 2.45) is 0 Å². The molecule has 0 aliphatic carbocycles. The molecule has 1 unspecified atom stereocenters. The first kappa shape index (κ1) is 10.5. The van der Waals surface area contributed by atoms with Crippen molar-refractivity contribution in [1.29, 1.82) is 0 Å². The third-order valence-electron chi connectivity index (χ3n) is 2.41. The van der Waals surface area contributed by atoms with E-state index in [0.29, 0.717) is 6.04 Å². The van der Waals surface area contributed by atoms with Gasteiger partial charge in [-0.05, 0) is 12.8 Å². The Morgan fingerprint density at radius 2 is 2.46 bits per heavy atom. The zero-order valence-corrected chi connectivity index (χ0v) is 8.12. The van der Waals surface area contributed by atoms with Crippen molar-refractivity contribution in [3.8, 4) is 0 Å². The average Bonchev–Trinajstić information content (AvgIpc) is 2.15. The Kier molecular flexibility index (Phi) is 4.18. The Bertz CT molecular complexity index is 173. The van der Waals surface area contributed by atoms with Crippen LogP contribution in [0.3, 0.4) is 0 Å². The molecule has 0 aromatic carbocycles. The highest BCUT2D eigenvalue weighted by molar-refractivity contribution is 5.73. The molecule has 1 atom stereocenters. The fourth-order valence-electron chi connectivity index (χ4n) is 1.64. The predicted octanol–water partition coefficient (Wildman–Crippen LogP) is -0.421. The molecule has 0 aromatic heterocycles. The number of carbonyl (C=O) groups is 1. The molecule has 0 spiro atoms. The minimum Gasteiger partial charge on any atom is -0.396 e. The van der Waals surface area contributed by atoms with Crippen LogP contribution in [0, 0.1) is 0 Å². The summed E-state index contributed by atoms with van der Waals surface area (Å²) in [6.45, 7) is 4.31. The summed E-state index contributed by atoms with van der Waals surface area (Å²) in [5, 5.41) is 12.0. The highest BCUT2D eigenvalue weighted by Gasteiger charge is 2.19. The SMILES string of the molecule is CC(=O)N1CCNC(CCCO)C1. The van der Waals surface area contributed by atoms with E-state index in [1.54, 1.807) is 6.92 Å². The highest BCUT2D eigenvalue weighted by atomic mass is 16.2. The molecule has 13 heavy (non-hydrogen) atoms. The third-order valence-corrected chi connectivity index (χ3v) is 2.41. The summed E-state index contributed by atoms with van der Waals surface area (Å²) < 4.78 is 0. The van der Waals surface area contributed by atoms with Crippen molar-refractivity contribution < 1.29 is 9.90 Å². The van der Waals surface area contributed by atoms with Gasteiger partial charge in [0.2, 0.25) is 5.91 Å². The van der Waals surface area contributed by atoms with Crippen molar-refractivity contribution in [2.45, 2.75) is 25.8 Å². The van der Waals surface area contributed by atoms with Crippen LogP contribution in [0.25, 0.3) is 0 Å². The van der Waals surface area contributed by atoms with Crippen LogP contribution in [-0.2, 0) is 4.79 Å². The lowest BCUT2D eigenvalue weighted by molar-refractivity contribution is -0.130. The Balaban J connectivity index is 2.29. The van der Waals surface area contributed by atoms with Crippen molar-refractivity contribution in [1.82, 2.24) is 10.2 Å². The Labute approximate surface area is 78.9 Å². The molecule has 1 aliphatic heterocycles. The molecular weight excluding hydrogens is 168 g/mol. The minimum atomic E-state index is 0.149. The van der Waals surface area contributed by atoms with Crippen LogP contribution in [0.1, 0.15) is 19.8 Å². The number of nitrogens with one attached hydrogen (secondary N) is 1. The lowest BCUT2D eigenvalue weighted by Gasteiger charge is -2.33. The van der Waals surface area contributed by atoms with Crippen molar-refractivity contribution in [2.75, 3.05) is 26.2 Å². The van der Waals surface area contributed by atoms with Gasteiger partial charge >= 0.3 is 0 Å². The molecule has 0 radical (unpaired) electrons. The van der Waals surface area contributed by atoms with Crippen LogP contribution >= 0.6 is 0 Å². The van der Waals surface area contributed by atoms with Gasteiger partial charge in [-0.1, -0.05) is 0 Å². The van der Waals surface area contributed by atoms with E-state index in [9.17, 15) is 4.79 Å². The highest BCUT2D eigenvalue weighted by Crippen LogP contribution is 2.04. The van der Waals surface area contributed by atoms with E-state index in [0.717, 1.165) is 32.5 Å². The summed E-state index contributed by atoms with van der Waals surface area (Å²) in [5.74, 6) is 0.149. The number of carbonyl (C=O) groups excluding carboxylic acids is 1. The summed E-state index contributed by atoms with van der Waals surface area (Å²) in [6.07, 6.45) is 1.75. The van der Waals surface area contributed by atoms with Crippen LogP contribution in [0.4, 0.5) is 0 Å². The smallest absolute Gasteiger partial charge is 0.219 e. The van der Waals surface area contributed by atoms with Gasteiger partial charge in [0.25, 0.3) is 0 Å². The maximum absolute atomic E-state index is 11.1. The van der Waals surface area contributed by atoms with Gasteiger partial charge in [0.1, 0.15) is 0 Å². The van der Waals surface area contributed by atoms with E-state index in [1.165, 1.54) is 0 Å². The van der Waals surface area contributed by atoms with E-state index in [-0.39, 0.29) is 12.5 Å². The summed E-state index contributed by atoms with van der Waals surface area (Å²) >= 11 is 0. The van der Waals surface area contributed by atoms with Crippen LogP contribution in [0.5, 0.6) is 0 Å². The number of hydrogen-bond donors (Lipinski definition) is 2.